The van der Waals surface area contributed by atoms with E-state index in [0.717, 1.165) is 16.5 Å². The lowest BCUT2D eigenvalue weighted by Crippen LogP contribution is -2.31. The van der Waals surface area contributed by atoms with Crippen LogP contribution in [0, 0.1) is 0 Å². The highest BCUT2D eigenvalue weighted by atomic mass is 32.2. The molecule has 0 aliphatic heterocycles. The molecule has 0 amide bonds. The van der Waals surface area contributed by atoms with Gasteiger partial charge in [-0.1, -0.05) is 6.92 Å². The largest absolute Gasteiger partial charge is 0.465 e. The third-order valence-electron chi connectivity index (χ3n) is 2.71. The Bertz CT molecular complexity index is 401. The van der Waals surface area contributed by atoms with E-state index < -0.39 is 5.41 Å². The lowest BCUT2D eigenvalue weighted by molar-refractivity contribution is -0.148. The normalized spacial score (nSPS) is 13.4. The van der Waals surface area contributed by atoms with Crippen molar-refractivity contribution in [1.82, 2.24) is 4.98 Å². The second kappa shape index (κ2) is 6.57. The summed E-state index contributed by atoms with van der Waals surface area (Å²) in [6.45, 7) is 10.2. The summed E-state index contributed by atoms with van der Waals surface area (Å²) < 4.78 is 5.10. The average Bonchev–Trinajstić information content (AvgIpc) is 2.79. The van der Waals surface area contributed by atoms with Crippen LogP contribution in [0.4, 0.5) is 0 Å². The van der Waals surface area contributed by atoms with Gasteiger partial charge in [-0.15, -0.1) is 11.3 Å². The van der Waals surface area contributed by atoms with Crippen LogP contribution in [0.15, 0.2) is 5.38 Å². The number of hydrogen-bond acceptors (Lipinski definition) is 5. The lowest BCUT2D eigenvalue weighted by atomic mass is 9.90. The van der Waals surface area contributed by atoms with Crippen molar-refractivity contribution in [1.29, 1.82) is 0 Å². The first-order valence-corrected chi connectivity index (χ1v) is 8.11. The van der Waals surface area contributed by atoms with Crippen molar-refractivity contribution in [2.45, 2.75) is 45.3 Å². The molecule has 3 nitrogen and oxygen atoms in total. The van der Waals surface area contributed by atoms with Crippen LogP contribution in [0.2, 0.25) is 0 Å². The molecule has 0 saturated carbocycles. The molecule has 1 aromatic heterocycles. The quantitative estimate of drug-likeness (QED) is 0.746. The maximum Gasteiger partial charge on any atom is 0.317 e. The van der Waals surface area contributed by atoms with Gasteiger partial charge in [0, 0.05) is 5.38 Å². The fourth-order valence-electron chi connectivity index (χ4n) is 1.50. The molecule has 0 aliphatic carbocycles. The van der Waals surface area contributed by atoms with Gasteiger partial charge in [0.15, 0.2) is 0 Å². The Morgan fingerprint density at radius 3 is 2.78 bits per heavy atom. The van der Waals surface area contributed by atoms with Gasteiger partial charge in [0.25, 0.3) is 0 Å². The zero-order valence-electron chi connectivity index (χ0n) is 11.6. The van der Waals surface area contributed by atoms with Crippen molar-refractivity contribution in [2.24, 2.45) is 0 Å². The summed E-state index contributed by atoms with van der Waals surface area (Å²) >= 11 is 3.48. The van der Waals surface area contributed by atoms with Gasteiger partial charge in [0.1, 0.15) is 10.4 Å². The number of rotatable bonds is 6. The number of thioether (sulfide) groups is 1. The van der Waals surface area contributed by atoms with E-state index in [0.29, 0.717) is 11.9 Å². The second-order valence-corrected chi connectivity index (χ2v) is 7.02. The summed E-state index contributed by atoms with van der Waals surface area (Å²) in [6.07, 6.45) is 0. The topological polar surface area (TPSA) is 39.2 Å². The highest BCUT2D eigenvalue weighted by molar-refractivity contribution is 7.99. The zero-order valence-corrected chi connectivity index (χ0v) is 13.3. The summed E-state index contributed by atoms with van der Waals surface area (Å²) in [7, 11) is 0. The molecule has 102 valence electrons. The summed E-state index contributed by atoms with van der Waals surface area (Å²) in [6, 6.07) is 0. The minimum absolute atomic E-state index is 0.211. The summed E-state index contributed by atoms with van der Waals surface area (Å²) in [4.78, 5) is 16.5. The molecular weight excluding hydrogens is 266 g/mol. The molecule has 0 spiro atoms. The van der Waals surface area contributed by atoms with Crippen molar-refractivity contribution in [3.63, 3.8) is 0 Å². The van der Waals surface area contributed by atoms with Crippen LogP contribution in [-0.4, -0.2) is 23.3 Å². The minimum Gasteiger partial charge on any atom is -0.465 e. The van der Waals surface area contributed by atoms with Crippen LogP contribution in [0.3, 0.4) is 0 Å². The number of thiazole rings is 1. The Balaban J connectivity index is 2.87. The Morgan fingerprint density at radius 1 is 1.56 bits per heavy atom. The van der Waals surface area contributed by atoms with Crippen LogP contribution in [0.1, 0.15) is 50.6 Å². The number of carbonyl (C=O) groups excluding carboxylic acids is 1. The average molecular weight is 287 g/mol. The molecule has 0 fully saturated rings. The van der Waals surface area contributed by atoms with Crippen molar-refractivity contribution < 1.29 is 9.53 Å². The van der Waals surface area contributed by atoms with Crippen LogP contribution in [0.5, 0.6) is 0 Å². The lowest BCUT2D eigenvalue weighted by Gasteiger charge is -2.19. The number of ether oxygens (including phenoxy) is 1. The fraction of sp³-hybridized carbons (Fsp3) is 0.692. The fourth-order valence-corrected chi connectivity index (χ4v) is 3.49. The maximum atomic E-state index is 11.9. The first-order valence-electron chi connectivity index (χ1n) is 6.18. The molecule has 0 aliphatic rings. The summed E-state index contributed by atoms with van der Waals surface area (Å²) in [5.41, 5.74) is 0.144. The van der Waals surface area contributed by atoms with Crippen molar-refractivity contribution in [3.05, 3.63) is 16.1 Å². The van der Waals surface area contributed by atoms with E-state index in [4.69, 9.17) is 4.74 Å². The predicted molar refractivity (Wildman–Crippen MR) is 78.3 cm³/mol. The van der Waals surface area contributed by atoms with E-state index in [1.54, 1.807) is 11.3 Å². The van der Waals surface area contributed by atoms with Gasteiger partial charge >= 0.3 is 5.97 Å². The Hall–Kier alpha value is -0.550. The molecule has 0 unspecified atom stereocenters. The van der Waals surface area contributed by atoms with Crippen molar-refractivity contribution in [3.8, 4) is 0 Å². The third kappa shape index (κ3) is 3.48. The van der Waals surface area contributed by atoms with E-state index in [9.17, 15) is 4.79 Å². The molecule has 5 heteroatoms. The zero-order chi connectivity index (χ0) is 13.8. The molecule has 1 heterocycles. The molecule has 18 heavy (non-hydrogen) atoms. The van der Waals surface area contributed by atoms with E-state index in [1.807, 2.05) is 37.9 Å². The highest BCUT2D eigenvalue weighted by Gasteiger charge is 2.34. The van der Waals surface area contributed by atoms with E-state index in [2.05, 4.69) is 18.8 Å². The van der Waals surface area contributed by atoms with Crippen LogP contribution in [0.25, 0.3) is 0 Å². The van der Waals surface area contributed by atoms with Gasteiger partial charge in [0.2, 0.25) is 0 Å². The molecule has 1 aromatic rings. The number of hydrogen-bond donors (Lipinski definition) is 0. The highest BCUT2D eigenvalue weighted by Crippen LogP contribution is 2.33. The summed E-state index contributed by atoms with van der Waals surface area (Å²) in [5, 5.41) is 3.43. The Morgan fingerprint density at radius 2 is 2.22 bits per heavy atom. The SMILES string of the molecule is CCOC(=O)C(C)(C)c1csc([C@H](C)SCC)n1. The van der Waals surface area contributed by atoms with Gasteiger partial charge in [-0.05, 0) is 33.4 Å². The van der Waals surface area contributed by atoms with Gasteiger partial charge in [-0.3, -0.25) is 4.79 Å². The molecule has 1 rings (SSSR count). The van der Waals surface area contributed by atoms with Gasteiger partial charge < -0.3 is 4.74 Å². The molecule has 0 N–H and O–H groups in total. The van der Waals surface area contributed by atoms with E-state index in [1.165, 1.54) is 0 Å². The minimum atomic E-state index is -0.665. The molecule has 0 saturated heterocycles. The van der Waals surface area contributed by atoms with E-state index in [-0.39, 0.29) is 5.97 Å². The second-order valence-electron chi connectivity index (χ2n) is 4.51. The third-order valence-corrected chi connectivity index (χ3v) is 4.95. The van der Waals surface area contributed by atoms with Gasteiger partial charge in [-0.25, -0.2) is 4.98 Å². The molecule has 0 aromatic carbocycles. The Labute approximate surface area is 117 Å². The van der Waals surface area contributed by atoms with Crippen molar-refractivity contribution >= 4 is 29.1 Å². The number of nitrogens with zero attached hydrogens (tertiary/aromatic N) is 1. The van der Waals surface area contributed by atoms with Gasteiger partial charge in [0.05, 0.1) is 17.6 Å². The Kier molecular flexibility index (Phi) is 5.66. The van der Waals surface area contributed by atoms with Crippen LogP contribution in [-0.2, 0) is 14.9 Å². The maximum absolute atomic E-state index is 11.9. The van der Waals surface area contributed by atoms with Crippen molar-refractivity contribution in [2.75, 3.05) is 12.4 Å². The number of carbonyl (C=O) groups is 1. The van der Waals surface area contributed by atoms with Gasteiger partial charge in [-0.2, -0.15) is 11.8 Å². The molecule has 1 atom stereocenters. The first-order chi connectivity index (χ1) is 8.43. The standard InChI is InChI=1S/C13H21NO2S2/c1-6-16-12(15)13(4,5)10-8-18-11(14-10)9(3)17-7-2/h8-9H,6-7H2,1-5H3/t9-/m0/s1. The smallest absolute Gasteiger partial charge is 0.317 e. The monoisotopic (exact) mass is 287 g/mol. The number of aromatic nitrogens is 1. The van der Waals surface area contributed by atoms with Crippen LogP contribution < -0.4 is 0 Å². The predicted octanol–water partition coefficient (Wildman–Crippen LogP) is 3.80. The van der Waals surface area contributed by atoms with Crippen LogP contribution >= 0.6 is 23.1 Å². The van der Waals surface area contributed by atoms with E-state index >= 15 is 0 Å². The number of esters is 1. The molecular formula is C13H21NO2S2. The summed E-state index contributed by atoms with van der Waals surface area (Å²) in [5.74, 6) is 0.856. The molecule has 0 radical (unpaired) electrons. The first kappa shape index (κ1) is 15.5. The molecule has 0 bridgehead atoms.